The lowest BCUT2D eigenvalue weighted by Gasteiger charge is -2.17. The molecule has 1 aromatic heterocycles. The Bertz CT molecular complexity index is 808. The van der Waals surface area contributed by atoms with Crippen LogP contribution in [0.1, 0.15) is 11.1 Å². The van der Waals surface area contributed by atoms with E-state index in [1.165, 1.54) is 10.9 Å². The van der Waals surface area contributed by atoms with Crippen molar-refractivity contribution in [3.8, 4) is 0 Å². The molecule has 0 spiro atoms. The van der Waals surface area contributed by atoms with Crippen molar-refractivity contribution in [2.45, 2.75) is 12.8 Å². The predicted octanol–water partition coefficient (Wildman–Crippen LogP) is 4.17. The molecule has 0 aliphatic carbocycles. The molecule has 1 N–H and O–H groups in total. The van der Waals surface area contributed by atoms with Crippen molar-refractivity contribution >= 4 is 32.7 Å². The van der Waals surface area contributed by atoms with Gasteiger partial charge in [0, 0.05) is 35.2 Å². The van der Waals surface area contributed by atoms with Crippen molar-refractivity contribution in [1.29, 1.82) is 0 Å². The van der Waals surface area contributed by atoms with E-state index in [0.717, 1.165) is 28.5 Å². The number of benzene rings is 2. The number of hydrogen-bond donors (Lipinski definition) is 1. The second-order valence-corrected chi connectivity index (χ2v) is 6.64. The number of rotatable bonds is 5. The molecule has 0 saturated heterocycles. The van der Waals surface area contributed by atoms with Crippen LogP contribution in [-0.4, -0.2) is 29.4 Å². The Morgan fingerprint density at radius 1 is 1.13 bits per heavy atom. The summed E-state index contributed by atoms with van der Waals surface area (Å²) in [7, 11) is 1.87. The summed E-state index contributed by atoms with van der Waals surface area (Å²) in [5.41, 5.74) is 3.44. The van der Waals surface area contributed by atoms with Crippen LogP contribution in [0.2, 0.25) is 0 Å². The molecule has 3 nitrogen and oxygen atoms in total. The van der Waals surface area contributed by atoms with Crippen LogP contribution in [0.4, 0.5) is 0 Å². The van der Waals surface area contributed by atoms with E-state index in [1.807, 2.05) is 54.5 Å². The average Bonchev–Trinajstić information content (AvgIpc) is 2.98. The van der Waals surface area contributed by atoms with Gasteiger partial charge in [0.25, 0.3) is 0 Å². The number of amides is 1. The van der Waals surface area contributed by atoms with Gasteiger partial charge in [0.05, 0.1) is 6.42 Å². The Morgan fingerprint density at radius 3 is 2.65 bits per heavy atom. The van der Waals surface area contributed by atoms with Crippen molar-refractivity contribution < 1.29 is 4.79 Å². The van der Waals surface area contributed by atoms with E-state index in [-0.39, 0.29) is 5.91 Å². The average molecular weight is 371 g/mol. The van der Waals surface area contributed by atoms with Crippen molar-refractivity contribution in [2.24, 2.45) is 0 Å². The summed E-state index contributed by atoms with van der Waals surface area (Å²) in [6.45, 7) is 0.719. The van der Waals surface area contributed by atoms with Crippen LogP contribution in [0.3, 0.4) is 0 Å². The van der Waals surface area contributed by atoms with Gasteiger partial charge in [0.15, 0.2) is 0 Å². The van der Waals surface area contributed by atoms with Gasteiger partial charge in [-0.05, 0) is 35.7 Å². The molecule has 0 radical (unpaired) electrons. The van der Waals surface area contributed by atoms with E-state index in [9.17, 15) is 4.79 Å². The number of halogens is 1. The minimum atomic E-state index is 0.146. The molecule has 0 saturated carbocycles. The van der Waals surface area contributed by atoms with Crippen molar-refractivity contribution in [1.82, 2.24) is 9.88 Å². The Morgan fingerprint density at radius 2 is 1.87 bits per heavy atom. The lowest BCUT2D eigenvalue weighted by molar-refractivity contribution is -0.129. The molecule has 1 heterocycles. The highest BCUT2D eigenvalue weighted by Gasteiger charge is 2.11. The van der Waals surface area contributed by atoms with E-state index in [0.29, 0.717) is 6.42 Å². The molecular formula is C19H19BrN2O. The van der Waals surface area contributed by atoms with E-state index in [4.69, 9.17) is 0 Å². The zero-order valence-corrected chi connectivity index (χ0v) is 14.6. The molecular weight excluding hydrogens is 352 g/mol. The first-order valence-electron chi connectivity index (χ1n) is 7.67. The number of likely N-dealkylation sites (N-methyl/N-ethyl adjacent to an activating group) is 1. The minimum absolute atomic E-state index is 0.146. The molecule has 23 heavy (non-hydrogen) atoms. The maximum Gasteiger partial charge on any atom is 0.226 e. The van der Waals surface area contributed by atoms with Gasteiger partial charge in [-0.3, -0.25) is 4.79 Å². The van der Waals surface area contributed by atoms with Gasteiger partial charge in [-0.1, -0.05) is 46.3 Å². The Hall–Kier alpha value is -2.07. The quantitative estimate of drug-likeness (QED) is 0.718. The predicted molar refractivity (Wildman–Crippen MR) is 97.5 cm³/mol. The number of carbonyl (C=O) groups excluding carboxylic acids is 1. The van der Waals surface area contributed by atoms with Crippen LogP contribution < -0.4 is 0 Å². The highest BCUT2D eigenvalue weighted by molar-refractivity contribution is 9.10. The zero-order chi connectivity index (χ0) is 16.2. The number of hydrogen-bond acceptors (Lipinski definition) is 1. The zero-order valence-electron chi connectivity index (χ0n) is 13.1. The van der Waals surface area contributed by atoms with Crippen LogP contribution in [0.5, 0.6) is 0 Å². The van der Waals surface area contributed by atoms with Crippen LogP contribution in [0, 0.1) is 0 Å². The van der Waals surface area contributed by atoms with Gasteiger partial charge in [-0.2, -0.15) is 0 Å². The smallest absolute Gasteiger partial charge is 0.226 e. The molecule has 118 valence electrons. The van der Waals surface area contributed by atoms with Crippen LogP contribution in [0.25, 0.3) is 10.9 Å². The van der Waals surface area contributed by atoms with Crippen LogP contribution in [0.15, 0.2) is 59.2 Å². The molecule has 2 aromatic carbocycles. The summed E-state index contributed by atoms with van der Waals surface area (Å²) >= 11 is 3.41. The molecule has 1 amide bonds. The molecule has 0 bridgehead atoms. The normalized spacial score (nSPS) is 10.9. The van der Waals surface area contributed by atoms with Crippen LogP contribution in [-0.2, 0) is 17.6 Å². The minimum Gasteiger partial charge on any atom is -0.361 e. The molecule has 3 rings (SSSR count). The second-order valence-electron chi connectivity index (χ2n) is 5.73. The van der Waals surface area contributed by atoms with Gasteiger partial charge in [-0.25, -0.2) is 0 Å². The molecule has 0 aliphatic rings. The fourth-order valence-corrected chi connectivity index (χ4v) is 2.93. The van der Waals surface area contributed by atoms with Crippen LogP contribution >= 0.6 is 15.9 Å². The highest BCUT2D eigenvalue weighted by Crippen LogP contribution is 2.18. The molecule has 0 fully saturated rings. The first kappa shape index (κ1) is 15.8. The first-order valence-corrected chi connectivity index (χ1v) is 8.46. The number of nitrogens with one attached hydrogen (secondary N) is 1. The molecule has 0 aliphatic heterocycles. The summed E-state index contributed by atoms with van der Waals surface area (Å²) in [6, 6.07) is 16.2. The molecule has 4 heteroatoms. The Labute approximate surface area is 144 Å². The van der Waals surface area contributed by atoms with Crippen molar-refractivity contribution in [3.05, 3.63) is 70.3 Å². The fraction of sp³-hybridized carbons (Fsp3) is 0.211. The fourth-order valence-electron chi connectivity index (χ4n) is 2.66. The largest absolute Gasteiger partial charge is 0.361 e. The summed E-state index contributed by atoms with van der Waals surface area (Å²) in [6.07, 6.45) is 3.34. The number of aromatic nitrogens is 1. The lowest BCUT2D eigenvalue weighted by atomic mass is 10.1. The van der Waals surface area contributed by atoms with Crippen molar-refractivity contribution in [2.75, 3.05) is 13.6 Å². The third-order valence-corrected chi connectivity index (χ3v) is 4.61. The number of para-hydroxylation sites is 1. The molecule has 0 atom stereocenters. The summed E-state index contributed by atoms with van der Waals surface area (Å²) in [4.78, 5) is 17.4. The van der Waals surface area contributed by atoms with Gasteiger partial charge >= 0.3 is 0 Å². The van der Waals surface area contributed by atoms with E-state index in [1.54, 1.807) is 0 Å². The second kappa shape index (κ2) is 7.01. The Kier molecular flexibility index (Phi) is 4.82. The number of fused-ring (bicyclic) bond motifs is 1. The highest BCUT2D eigenvalue weighted by atomic mass is 79.9. The third-order valence-electron chi connectivity index (χ3n) is 4.09. The summed E-state index contributed by atoms with van der Waals surface area (Å²) < 4.78 is 1.03. The van der Waals surface area contributed by atoms with Gasteiger partial charge < -0.3 is 9.88 Å². The number of aromatic amines is 1. The summed E-state index contributed by atoms with van der Waals surface area (Å²) in [5.74, 6) is 0.146. The molecule has 3 aromatic rings. The monoisotopic (exact) mass is 370 g/mol. The number of nitrogens with zero attached hydrogens (tertiary/aromatic N) is 1. The number of carbonyl (C=O) groups is 1. The standard InChI is InChI=1S/C19H19BrN2O/c1-22(19(23)12-14-6-8-16(20)9-7-14)11-10-15-13-21-18-5-3-2-4-17(15)18/h2-9,13,21H,10-12H2,1H3. The Balaban J connectivity index is 1.59. The van der Waals surface area contributed by atoms with E-state index < -0.39 is 0 Å². The summed E-state index contributed by atoms with van der Waals surface area (Å²) in [5, 5.41) is 1.24. The maximum absolute atomic E-state index is 12.3. The van der Waals surface area contributed by atoms with Gasteiger partial charge in [0.2, 0.25) is 5.91 Å². The number of H-pyrrole nitrogens is 1. The molecule has 0 unspecified atom stereocenters. The van der Waals surface area contributed by atoms with Gasteiger partial charge in [0.1, 0.15) is 0 Å². The van der Waals surface area contributed by atoms with Gasteiger partial charge in [-0.15, -0.1) is 0 Å². The van der Waals surface area contributed by atoms with E-state index in [2.05, 4.69) is 33.0 Å². The third kappa shape index (κ3) is 3.82. The maximum atomic E-state index is 12.3. The van der Waals surface area contributed by atoms with Crippen molar-refractivity contribution in [3.63, 3.8) is 0 Å². The SMILES string of the molecule is CN(CCc1c[nH]c2ccccc12)C(=O)Cc1ccc(Br)cc1. The first-order chi connectivity index (χ1) is 11.1. The topological polar surface area (TPSA) is 36.1 Å². The lowest BCUT2D eigenvalue weighted by Crippen LogP contribution is -2.30. The van der Waals surface area contributed by atoms with E-state index >= 15 is 0 Å².